The van der Waals surface area contributed by atoms with Crippen LogP contribution in [-0.4, -0.2) is 35.1 Å². The molecule has 0 saturated heterocycles. The Balaban J connectivity index is 2.32. The summed E-state index contributed by atoms with van der Waals surface area (Å²) < 4.78 is 18.7. The van der Waals surface area contributed by atoms with E-state index in [9.17, 15) is 4.39 Å². The number of benzene rings is 1. The molecule has 0 amide bonds. The minimum Gasteiger partial charge on any atom is -0.424 e. The maximum atomic E-state index is 13.2. The highest BCUT2D eigenvalue weighted by Crippen LogP contribution is 2.21. The molecule has 2 aromatic rings. The Morgan fingerprint density at radius 3 is 2.57 bits per heavy atom. The van der Waals surface area contributed by atoms with E-state index in [-0.39, 0.29) is 11.8 Å². The Bertz CT molecular complexity index is 604. The summed E-state index contributed by atoms with van der Waals surface area (Å²) in [5.41, 5.74) is 0. The molecule has 7 heteroatoms. The molecule has 0 unspecified atom stereocenters. The predicted molar refractivity (Wildman–Crippen MR) is 79.4 cm³/mol. The Labute approximate surface area is 123 Å². The normalized spacial score (nSPS) is 10.3. The smallest absolute Gasteiger partial charge is 0.328 e. The van der Waals surface area contributed by atoms with E-state index in [0.29, 0.717) is 17.6 Å². The van der Waals surface area contributed by atoms with Crippen molar-refractivity contribution in [2.45, 2.75) is 13.8 Å². The van der Waals surface area contributed by atoms with Gasteiger partial charge in [-0.1, -0.05) is 6.07 Å². The Morgan fingerprint density at radius 2 is 1.95 bits per heavy atom. The molecule has 6 nitrogen and oxygen atoms in total. The molecule has 0 bridgehead atoms. The van der Waals surface area contributed by atoms with Gasteiger partial charge in [0.25, 0.3) is 0 Å². The highest BCUT2D eigenvalue weighted by Gasteiger charge is 2.12. The van der Waals surface area contributed by atoms with Crippen LogP contribution < -0.4 is 15.0 Å². The van der Waals surface area contributed by atoms with Crippen LogP contribution in [-0.2, 0) is 0 Å². The van der Waals surface area contributed by atoms with E-state index in [1.165, 1.54) is 12.1 Å². The van der Waals surface area contributed by atoms with Gasteiger partial charge in [0.15, 0.2) is 0 Å². The molecule has 1 aromatic carbocycles. The first-order chi connectivity index (χ1) is 10.2. The van der Waals surface area contributed by atoms with E-state index < -0.39 is 0 Å². The van der Waals surface area contributed by atoms with E-state index in [1.54, 1.807) is 19.2 Å². The fourth-order valence-corrected chi connectivity index (χ4v) is 1.79. The van der Waals surface area contributed by atoms with E-state index >= 15 is 0 Å². The van der Waals surface area contributed by atoms with Gasteiger partial charge in [-0.05, 0) is 26.0 Å². The molecule has 1 aromatic heterocycles. The van der Waals surface area contributed by atoms with Crippen LogP contribution in [0.1, 0.15) is 13.8 Å². The van der Waals surface area contributed by atoms with Gasteiger partial charge in [0.1, 0.15) is 11.6 Å². The van der Waals surface area contributed by atoms with Crippen molar-refractivity contribution in [3.05, 3.63) is 30.1 Å². The van der Waals surface area contributed by atoms with Crippen molar-refractivity contribution in [3.63, 3.8) is 0 Å². The van der Waals surface area contributed by atoms with Crippen LogP contribution in [0.3, 0.4) is 0 Å². The fourth-order valence-electron chi connectivity index (χ4n) is 1.79. The second-order valence-electron chi connectivity index (χ2n) is 4.22. The minimum atomic E-state index is -0.376. The van der Waals surface area contributed by atoms with Crippen molar-refractivity contribution in [1.82, 2.24) is 15.0 Å². The molecule has 0 atom stereocenters. The molecule has 0 spiro atoms. The minimum absolute atomic E-state index is 0.127. The van der Waals surface area contributed by atoms with Crippen LogP contribution in [0.25, 0.3) is 0 Å². The van der Waals surface area contributed by atoms with Crippen molar-refractivity contribution in [1.29, 1.82) is 0 Å². The van der Waals surface area contributed by atoms with Crippen molar-refractivity contribution in [2.75, 3.05) is 30.4 Å². The highest BCUT2D eigenvalue weighted by molar-refractivity contribution is 5.38. The average molecular weight is 291 g/mol. The van der Waals surface area contributed by atoms with Crippen LogP contribution >= 0.6 is 0 Å². The maximum absolute atomic E-state index is 13.2. The monoisotopic (exact) mass is 291 g/mol. The van der Waals surface area contributed by atoms with Gasteiger partial charge in [-0.25, -0.2) is 4.39 Å². The largest absolute Gasteiger partial charge is 0.424 e. The first kappa shape index (κ1) is 15.0. The average Bonchev–Trinajstić information content (AvgIpc) is 2.48. The molecule has 1 heterocycles. The molecular weight excluding hydrogens is 273 g/mol. The number of nitrogens with one attached hydrogen (secondary N) is 1. The molecule has 2 rings (SSSR count). The van der Waals surface area contributed by atoms with Gasteiger partial charge < -0.3 is 15.0 Å². The lowest BCUT2D eigenvalue weighted by Crippen LogP contribution is -2.25. The Kier molecular flexibility index (Phi) is 4.86. The first-order valence-electron chi connectivity index (χ1n) is 6.78. The number of hydrogen-bond acceptors (Lipinski definition) is 6. The van der Waals surface area contributed by atoms with Gasteiger partial charge in [-0.3, -0.25) is 0 Å². The van der Waals surface area contributed by atoms with Gasteiger partial charge in [0.05, 0.1) is 0 Å². The third-order valence-corrected chi connectivity index (χ3v) is 2.88. The van der Waals surface area contributed by atoms with Gasteiger partial charge in [0.2, 0.25) is 11.9 Å². The zero-order chi connectivity index (χ0) is 15.2. The lowest BCUT2D eigenvalue weighted by Gasteiger charge is -2.19. The Morgan fingerprint density at radius 1 is 1.19 bits per heavy atom. The molecule has 0 aliphatic rings. The van der Waals surface area contributed by atoms with Crippen molar-refractivity contribution < 1.29 is 9.13 Å². The van der Waals surface area contributed by atoms with Crippen LogP contribution in [0.4, 0.5) is 16.3 Å². The second-order valence-corrected chi connectivity index (χ2v) is 4.22. The number of rotatable bonds is 6. The molecule has 0 fully saturated rings. The quantitative estimate of drug-likeness (QED) is 0.883. The number of ether oxygens (including phenoxy) is 1. The summed E-state index contributed by atoms with van der Waals surface area (Å²) in [6.07, 6.45) is 0. The van der Waals surface area contributed by atoms with E-state index in [0.717, 1.165) is 13.1 Å². The molecular formula is C14H18FN5O. The number of halogens is 1. The molecule has 0 saturated carbocycles. The number of aromatic nitrogens is 3. The number of anilines is 2. The summed E-state index contributed by atoms with van der Waals surface area (Å²) >= 11 is 0. The van der Waals surface area contributed by atoms with Crippen LogP contribution in [0, 0.1) is 5.82 Å². The maximum Gasteiger partial charge on any atom is 0.328 e. The topological polar surface area (TPSA) is 63.2 Å². The molecule has 112 valence electrons. The van der Waals surface area contributed by atoms with Gasteiger partial charge >= 0.3 is 6.01 Å². The molecule has 0 radical (unpaired) electrons. The summed E-state index contributed by atoms with van der Waals surface area (Å²) in [7, 11) is 1.72. The summed E-state index contributed by atoms with van der Waals surface area (Å²) in [5, 5.41) is 2.87. The highest BCUT2D eigenvalue weighted by atomic mass is 19.1. The van der Waals surface area contributed by atoms with Crippen LogP contribution in [0.5, 0.6) is 11.8 Å². The van der Waals surface area contributed by atoms with E-state index in [4.69, 9.17) is 4.74 Å². The zero-order valence-electron chi connectivity index (χ0n) is 12.3. The van der Waals surface area contributed by atoms with Crippen LogP contribution in [0.15, 0.2) is 24.3 Å². The van der Waals surface area contributed by atoms with Crippen molar-refractivity contribution in [2.24, 2.45) is 0 Å². The van der Waals surface area contributed by atoms with E-state index in [2.05, 4.69) is 20.3 Å². The molecule has 1 N–H and O–H groups in total. The lowest BCUT2D eigenvalue weighted by atomic mass is 10.3. The number of hydrogen-bond donors (Lipinski definition) is 1. The number of nitrogens with zero attached hydrogens (tertiary/aromatic N) is 4. The van der Waals surface area contributed by atoms with Crippen molar-refractivity contribution in [3.8, 4) is 11.8 Å². The summed E-state index contributed by atoms with van der Waals surface area (Å²) in [5.74, 6) is 0.886. The second kappa shape index (κ2) is 6.83. The first-order valence-corrected chi connectivity index (χ1v) is 6.78. The predicted octanol–water partition coefficient (Wildman–Crippen LogP) is 2.69. The zero-order valence-corrected chi connectivity index (χ0v) is 12.3. The van der Waals surface area contributed by atoms with Crippen molar-refractivity contribution >= 4 is 11.9 Å². The summed E-state index contributed by atoms with van der Waals surface area (Å²) in [6.45, 7) is 5.56. The third-order valence-electron chi connectivity index (χ3n) is 2.88. The Hall–Kier alpha value is -2.44. The van der Waals surface area contributed by atoms with Gasteiger partial charge in [-0.15, -0.1) is 0 Å². The SMILES string of the molecule is CCN(CC)c1nc(NC)nc(Oc2cccc(F)c2)n1. The third kappa shape index (κ3) is 3.77. The lowest BCUT2D eigenvalue weighted by molar-refractivity contribution is 0.436. The molecule has 0 aliphatic carbocycles. The molecule has 21 heavy (non-hydrogen) atoms. The van der Waals surface area contributed by atoms with Gasteiger partial charge in [-0.2, -0.15) is 15.0 Å². The standard InChI is InChI=1S/C14H18FN5O/c1-4-20(5-2)13-17-12(16-3)18-14(19-13)21-11-8-6-7-10(15)9-11/h6-9H,4-5H2,1-3H3,(H,16,17,18,19). The fraction of sp³-hybridized carbons (Fsp3) is 0.357. The van der Waals surface area contributed by atoms with Crippen LogP contribution in [0.2, 0.25) is 0 Å². The summed E-state index contributed by atoms with van der Waals surface area (Å²) in [4.78, 5) is 14.7. The van der Waals surface area contributed by atoms with E-state index in [1.807, 2.05) is 18.7 Å². The molecule has 0 aliphatic heterocycles. The summed E-state index contributed by atoms with van der Waals surface area (Å²) in [6, 6.07) is 5.96. The van der Waals surface area contributed by atoms with Gasteiger partial charge in [0, 0.05) is 26.2 Å².